The average Bonchev–Trinajstić information content (AvgIpc) is 2.43. The number of fused-ring (bicyclic) bond motifs is 1. The first kappa shape index (κ1) is 14.0. The molecule has 0 aliphatic carbocycles. The van der Waals surface area contributed by atoms with Crippen molar-refractivity contribution < 1.29 is 19.4 Å². The number of likely N-dealkylation sites (N-methyl/N-ethyl adjacent to an activating group) is 1. The summed E-state index contributed by atoms with van der Waals surface area (Å²) >= 11 is 1.49. The molecule has 19 heavy (non-hydrogen) atoms. The molecule has 0 saturated heterocycles. The van der Waals surface area contributed by atoms with E-state index in [1.54, 1.807) is 0 Å². The van der Waals surface area contributed by atoms with Gasteiger partial charge in [0, 0.05) is 10.6 Å². The Bertz CT molecular complexity index is 452. The lowest BCUT2D eigenvalue weighted by Gasteiger charge is -2.19. The summed E-state index contributed by atoms with van der Waals surface area (Å²) < 4.78 is 10.9. The van der Waals surface area contributed by atoms with Gasteiger partial charge in [0.15, 0.2) is 11.5 Å². The van der Waals surface area contributed by atoms with Crippen LogP contribution in [0.2, 0.25) is 0 Å². The molecule has 5 nitrogen and oxygen atoms in total. The largest absolute Gasteiger partial charge is 0.486 e. The highest BCUT2D eigenvalue weighted by atomic mass is 32.2. The van der Waals surface area contributed by atoms with Crippen molar-refractivity contribution in [3.05, 3.63) is 18.2 Å². The van der Waals surface area contributed by atoms with E-state index in [1.165, 1.54) is 11.8 Å². The van der Waals surface area contributed by atoms with Gasteiger partial charge in [-0.2, -0.15) is 0 Å². The molecule has 0 radical (unpaired) electrons. The zero-order valence-electron chi connectivity index (χ0n) is 10.7. The Morgan fingerprint density at radius 2 is 2.16 bits per heavy atom. The second-order valence-corrected chi connectivity index (χ2v) is 5.16. The highest BCUT2D eigenvalue weighted by Gasteiger charge is 2.17. The van der Waals surface area contributed by atoms with Crippen LogP contribution in [-0.2, 0) is 4.79 Å². The fourth-order valence-electron chi connectivity index (χ4n) is 1.76. The summed E-state index contributed by atoms with van der Waals surface area (Å²) in [6, 6.07) is 5.13. The molecule has 0 aromatic heterocycles. The van der Waals surface area contributed by atoms with Gasteiger partial charge in [-0.1, -0.05) is 6.92 Å². The van der Waals surface area contributed by atoms with E-state index >= 15 is 0 Å². The molecule has 0 amide bonds. The van der Waals surface area contributed by atoms with E-state index in [2.05, 4.69) is 5.32 Å². The van der Waals surface area contributed by atoms with Gasteiger partial charge in [0.05, 0.1) is 0 Å². The van der Waals surface area contributed by atoms with Crippen molar-refractivity contribution in [2.24, 2.45) is 0 Å². The summed E-state index contributed by atoms with van der Waals surface area (Å²) in [4.78, 5) is 12.0. The van der Waals surface area contributed by atoms with E-state index in [0.717, 1.165) is 16.4 Å². The van der Waals surface area contributed by atoms with Crippen LogP contribution in [-0.4, -0.2) is 42.6 Å². The molecule has 1 aliphatic heterocycles. The van der Waals surface area contributed by atoms with Crippen LogP contribution in [0.15, 0.2) is 23.1 Å². The molecule has 6 heteroatoms. The molecule has 1 aliphatic rings. The maximum atomic E-state index is 11.0. The van der Waals surface area contributed by atoms with Crippen molar-refractivity contribution in [1.82, 2.24) is 5.32 Å². The van der Waals surface area contributed by atoms with Gasteiger partial charge < -0.3 is 19.9 Å². The standard InChI is InChI=1S/C13H17NO4S/c1-2-14-10(13(15)16)8-19-9-3-4-11-12(7-9)18-6-5-17-11/h3-4,7,10,14H,2,5-6,8H2,1H3,(H,15,16). The molecular weight excluding hydrogens is 266 g/mol. The second kappa shape index (κ2) is 6.68. The number of carbonyl (C=O) groups is 1. The van der Waals surface area contributed by atoms with Crippen molar-refractivity contribution in [2.45, 2.75) is 17.9 Å². The van der Waals surface area contributed by atoms with E-state index in [0.29, 0.717) is 25.5 Å². The van der Waals surface area contributed by atoms with Crippen LogP contribution >= 0.6 is 11.8 Å². The van der Waals surface area contributed by atoms with Crippen molar-refractivity contribution in [3.63, 3.8) is 0 Å². The normalized spacial score (nSPS) is 15.0. The number of ether oxygens (including phenoxy) is 2. The summed E-state index contributed by atoms with van der Waals surface area (Å²) in [7, 11) is 0. The molecule has 2 rings (SSSR count). The van der Waals surface area contributed by atoms with E-state index in [1.807, 2.05) is 25.1 Å². The van der Waals surface area contributed by atoms with E-state index in [9.17, 15) is 4.79 Å². The van der Waals surface area contributed by atoms with Gasteiger partial charge in [-0.25, -0.2) is 0 Å². The zero-order valence-corrected chi connectivity index (χ0v) is 11.5. The number of carboxylic acids is 1. The van der Waals surface area contributed by atoms with Crippen LogP contribution in [0.3, 0.4) is 0 Å². The molecule has 1 aromatic carbocycles. The van der Waals surface area contributed by atoms with Gasteiger partial charge in [0.2, 0.25) is 0 Å². The third-order valence-electron chi connectivity index (χ3n) is 2.68. The highest BCUT2D eigenvalue weighted by Crippen LogP contribution is 2.34. The minimum atomic E-state index is -0.827. The van der Waals surface area contributed by atoms with Crippen molar-refractivity contribution in [1.29, 1.82) is 0 Å². The van der Waals surface area contributed by atoms with Crippen molar-refractivity contribution in [3.8, 4) is 11.5 Å². The van der Waals surface area contributed by atoms with Gasteiger partial charge in [-0.3, -0.25) is 4.79 Å². The van der Waals surface area contributed by atoms with Crippen LogP contribution in [0.1, 0.15) is 6.92 Å². The van der Waals surface area contributed by atoms with Crippen LogP contribution in [0, 0.1) is 0 Å². The number of nitrogens with one attached hydrogen (secondary N) is 1. The lowest BCUT2D eigenvalue weighted by molar-refractivity contribution is -0.138. The summed E-state index contributed by atoms with van der Waals surface area (Å²) in [6.07, 6.45) is 0. The van der Waals surface area contributed by atoms with E-state index in [-0.39, 0.29) is 0 Å². The third kappa shape index (κ3) is 3.78. The highest BCUT2D eigenvalue weighted by molar-refractivity contribution is 7.99. The first-order valence-corrected chi connectivity index (χ1v) is 7.18. The van der Waals surface area contributed by atoms with Gasteiger partial charge in [-0.15, -0.1) is 11.8 Å². The molecule has 1 atom stereocenters. The van der Waals surface area contributed by atoms with E-state index < -0.39 is 12.0 Å². The molecule has 1 aromatic rings. The van der Waals surface area contributed by atoms with Gasteiger partial charge in [0.1, 0.15) is 19.3 Å². The van der Waals surface area contributed by atoms with Gasteiger partial charge in [-0.05, 0) is 24.7 Å². The molecule has 1 heterocycles. The second-order valence-electron chi connectivity index (χ2n) is 4.06. The number of hydrogen-bond acceptors (Lipinski definition) is 5. The third-order valence-corrected chi connectivity index (χ3v) is 3.77. The fourth-order valence-corrected chi connectivity index (χ4v) is 2.73. The first-order chi connectivity index (χ1) is 9.20. The molecule has 104 valence electrons. The molecule has 1 unspecified atom stereocenters. The lowest BCUT2D eigenvalue weighted by Crippen LogP contribution is -2.38. The van der Waals surface area contributed by atoms with E-state index in [4.69, 9.17) is 14.6 Å². The Hall–Kier alpha value is -1.40. The average molecular weight is 283 g/mol. The Morgan fingerprint density at radius 3 is 2.84 bits per heavy atom. The summed E-state index contributed by atoms with van der Waals surface area (Å²) in [5.41, 5.74) is 0. The molecule has 0 fully saturated rings. The summed E-state index contributed by atoms with van der Waals surface area (Å²) in [5, 5.41) is 12.0. The molecule has 2 N–H and O–H groups in total. The number of thioether (sulfide) groups is 1. The number of carboxylic acid groups (broad SMARTS) is 1. The van der Waals surface area contributed by atoms with Gasteiger partial charge in [0.25, 0.3) is 0 Å². The monoisotopic (exact) mass is 283 g/mol. The molecule has 0 saturated carbocycles. The predicted octanol–water partition coefficient (Wildman–Crippen LogP) is 1.61. The Morgan fingerprint density at radius 1 is 1.42 bits per heavy atom. The quantitative estimate of drug-likeness (QED) is 0.773. The zero-order chi connectivity index (χ0) is 13.7. The van der Waals surface area contributed by atoms with Crippen LogP contribution < -0.4 is 14.8 Å². The molecule has 0 spiro atoms. The molecule has 0 bridgehead atoms. The summed E-state index contributed by atoms with van der Waals surface area (Å²) in [5.74, 6) is 1.12. The Kier molecular flexibility index (Phi) is 4.93. The minimum Gasteiger partial charge on any atom is -0.486 e. The number of benzene rings is 1. The van der Waals surface area contributed by atoms with Gasteiger partial charge >= 0.3 is 5.97 Å². The number of aliphatic carboxylic acids is 1. The number of rotatable bonds is 6. The fraction of sp³-hybridized carbons (Fsp3) is 0.462. The lowest BCUT2D eigenvalue weighted by atomic mass is 10.3. The van der Waals surface area contributed by atoms with Crippen molar-refractivity contribution >= 4 is 17.7 Å². The topological polar surface area (TPSA) is 67.8 Å². The minimum absolute atomic E-state index is 0.475. The Labute approximate surface area is 116 Å². The van der Waals surface area contributed by atoms with Crippen LogP contribution in [0.5, 0.6) is 11.5 Å². The Balaban J connectivity index is 1.97. The molecular formula is C13H17NO4S. The van der Waals surface area contributed by atoms with Crippen LogP contribution in [0.25, 0.3) is 0 Å². The van der Waals surface area contributed by atoms with Crippen LogP contribution in [0.4, 0.5) is 0 Å². The first-order valence-electron chi connectivity index (χ1n) is 6.19. The number of hydrogen-bond donors (Lipinski definition) is 2. The smallest absolute Gasteiger partial charge is 0.321 e. The summed E-state index contributed by atoms with van der Waals surface area (Å²) in [6.45, 7) is 3.65. The van der Waals surface area contributed by atoms with Crippen molar-refractivity contribution in [2.75, 3.05) is 25.5 Å². The maximum absolute atomic E-state index is 11.0. The maximum Gasteiger partial charge on any atom is 0.321 e. The predicted molar refractivity (Wildman–Crippen MR) is 73.3 cm³/mol. The SMILES string of the molecule is CCNC(CSc1ccc2c(c1)OCCO2)C(=O)O.